The molecule has 3 rings (SSSR count). The Hall–Kier alpha value is -3.13. The van der Waals surface area contributed by atoms with Crippen molar-refractivity contribution < 1.29 is 9.90 Å². The van der Waals surface area contributed by atoms with Crippen molar-refractivity contribution in [2.75, 3.05) is 0 Å². The summed E-state index contributed by atoms with van der Waals surface area (Å²) in [5.74, 6) is -0.534. The molecule has 2 heterocycles. The average molecular weight is 263 g/mol. The number of aromatic carboxylic acids is 1. The van der Waals surface area contributed by atoms with Crippen LogP contribution in [0.2, 0.25) is 0 Å². The lowest BCUT2D eigenvalue weighted by molar-refractivity contribution is 0.0696. The van der Waals surface area contributed by atoms with Crippen molar-refractivity contribution in [2.24, 2.45) is 0 Å². The Morgan fingerprint density at radius 2 is 2.10 bits per heavy atom. The molecule has 0 bridgehead atoms. The molecule has 5 nitrogen and oxygen atoms in total. The monoisotopic (exact) mass is 263 g/mol. The van der Waals surface area contributed by atoms with Crippen LogP contribution >= 0.6 is 0 Å². The summed E-state index contributed by atoms with van der Waals surface area (Å²) in [5, 5.41) is 19.0. The van der Waals surface area contributed by atoms with Crippen molar-refractivity contribution >= 4 is 16.9 Å². The van der Waals surface area contributed by atoms with Gasteiger partial charge in [-0.05, 0) is 18.2 Å². The Morgan fingerprint density at radius 1 is 1.30 bits per heavy atom. The minimum atomic E-state index is -1.01. The molecular formula is C15H9N3O2. The Bertz CT molecular complexity index is 859. The van der Waals surface area contributed by atoms with Gasteiger partial charge in [-0.2, -0.15) is 5.26 Å². The SMILES string of the molecule is N#Cc1cn(-c2cc(C(=O)O)ccn2)c2ccccc12. The highest BCUT2D eigenvalue weighted by Crippen LogP contribution is 2.23. The number of hydrogen-bond donors (Lipinski definition) is 1. The maximum atomic E-state index is 11.0. The zero-order valence-electron chi connectivity index (χ0n) is 10.3. The van der Waals surface area contributed by atoms with E-state index in [4.69, 9.17) is 10.4 Å². The fraction of sp³-hybridized carbons (Fsp3) is 0. The van der Waals surface area contributed by atoms with Gasteiger partial charge >= 0.3 is 5.97 Å². The van der Waals surface area contributed by atoms with E-state index in [1.54, 1.807) is 10.8 Å². The third-order valence-electron chi connectivity index (χ3n) is 3.07. The van der Waals surface area contributed by atoms with Crippen LogP contribution in [0.25, 0.3) is 16.7 Å². The Labute approximate surface area is 114 Å². The van der Waals surface area contributed by atoms with Crippen molar-refractivity contribution in [1.29, 1.82) is 5.26 Å². The predicted molar refractivity (Wildman–Crippen MR) is 72.7 cm³/mol. The van der Waals surface area contributed by atoms with Crippen LogP contribution < -0.4 is 0 Å². The van der Waals surface area contributed by atoms with Crippen LogP contribution in [-0.4, -0.2) is 20.6 Å². The van der Waals surface area contributed by atoms with Crippen LogP contribution in [-0.2, 0) is 0 Å². The topological polar surface area (TPSA) is 78.9 Å². The van der Waals surface area contributed by atoms with Gasteiger partial charge in [-0.15, -0.1) is 0 Å². The van der Waals surface area contributed by atoms with Gasteiger partial charge in [0, 0.05) is 17.8 Å². The van der Waals surface area contributed by atoms with Crippen molar-refractivity contribution in [1.82, 2.24) is 9.55 Å². The number of fused-ring (bicyclic) bond motifs is 1. The van der Waals surface area contributed by atoms with Gasteiger partial charge in [-0.1, -0.05) is 18.2 Å². The number of aromatic nitrogens is 2. The molecular weight excluding hydrogens is 254 g/mol. The van der Waals surface area contributed by atoms with Gasteiger partial charge in [0.15, 0.2) is 0 Å². The molecule has 2 aromatic heterocycles. The van der Waals surface area contributed by atoms with E-state index >= 15 is 0 Å². The number of carbonyl (C=O) groups is 1. The van der Waals surface area contributed by atoms with Crippen molar-refractivity contribution in [3.05, 3.63) is 59.9 Å². The third kappa shape index (κ3) is 1.80. The summed E-state index contributed by atoms with van der Waals surface area (Å²) < 4.78 is 1.72. The molecule has 96 valence electrons. The number of hydrogen-bond acceptors (Lipinski definition) is 3. The normalized spacial score (nSPS) is 10.3. The van der Waals surface area contributed by atoms with Gasteiger partial charge in [-0.25, -0.2) is 9.78 Å². The molecule has 1 N–H and O–H groups in total. The fourth-order valence-corrected chi connectivity index (χ4v) is 2.14. The van der Waals surface area contributed by atoms with E-state index in [0.717, 1.165) is 10.9 Å². The molecule has 1 aromatic carbocycles. The van der Waals surface area contributed by atoms with Crippen molar-refractivity contribution in [3.63, 3.8) is 0 Å². The summed E-state index contributed by atoms with van der Waals surface area (Å²) in [6.07, 6.45) is 3.11. The summed E-state index contributed by atoms with van der Waals surface area (Å²) in [7, 11) is 0. The smallest absolute Gasteiger partial charge is 0.335 e. The quantitative estimate of drug-likeness (QED) is 0.770. The molecule has 0 saturated carbocycles. The Morgan fingerprint density at radius 3 is 2.85 bits per heavy atom. The van der Waals surface area contributed by atoms with Crippen LogP contribution in [0.1, 0.15) is 15.9 Å². The molecule has 0 amide bonds. The second kappa shape index (κ2) is 4.52. The minimum Gasteiger partial charge on any atom is -0.478 e. The number of carboxylic acid groups (broad SMARTS) is 1. The maximum Gasteiger partial charge on any atom is 0.335 e. The molecule has 5 heteroatoms. The van der Waals surface area contributed by atoms with E-state index in [-0.39, 0.29) is 5.56 Å². The van der Waals surface area contributed by atoms with Crippen LogP contribution in [0, 0.1) is 11.3 Å². The lowest BCUT2D eigenvalue weighted by atomic mass is 10.2. The van der Waals surface area contributed by atoms with Gasteiger partial charge in [0.05, 0.1) is 16.6 Å². The molecule has 0 aliphatic rings. The molecule has 0 unspecified atom stereocenters. The van der Waals surface area contributed by atoms with E-state index in [1.165, 1.54) is 18.3 Å². The van der Waals surface area contributed by atoms with Gasteiger partial charge in [0.25, 0.3) is 0 Å². The summed E-state index contributed by atoms with van der Waals surface area (Å²) in [4.78, 5) is 15.2. The Kier molecular flexibility index (Phi) is 2.70. The lowest BCUT2D eigenvalue weighted by Gasteiger charge is -2.04. The molecule has 0 saturated heterocycles. The highest BCUT2D eigenvalue weighted by Gasteiger charge is 2.11. The number of rotatable bonds is 2. The standard InChI is InChI=1S/C15H9N3O2/c16-8-11-9-18(13-4-2-1-3-12(11)13)14-7-10(15(19)20)5-6-17-14/h1-7,9H,(H,19,20). The van der Waals surface area contributed by atoms with E-state index in [1.807, 2.05) is 24.3 Å². The number of nitrogens with zero attached hydrogens (tertiary/aromatic N) is 3. The first-order chi connectivity index (χ1) is 9.70. The number of pyridine rings is 1. The highest BCUT2D eigenvalue weighted by atomic mass is 16.4. The molecule has 3 aromatic rings. The largest absolute Gasteiger partial charge is 0.478 e. The first-order valence-corrected chi connectivity index (χ1v) is 5.90. The maximum absolute atomic E-state index is 11.0. The molecule has 0 spiro atoms. The zero-order chi connectivity index (χ0) is 14.1. The number of carboxylic acids is 1. The van der Waals surface area contributed by atoms with Gasteiger partial charge in [0.2, 0.25) is 0 Å². The predicted octanol–water partition coefficient (Wildman–Crippen LogP) is 2.60. The molecule has 0 atom stereocenters. The molecule has 0 aliphatic heterocycles. The number of nitriles is 1. The Balaban J connectivity index is 2.28. The van der Waals surface area contributed by atoms with Crippen LogP contribution in [0.4, 0.5) is 0 Å². The first kappa shape index (κ1) is 11.9. The van der Waals surface area contributed by atoms with E-state index in [9.17, 15) is 4.79 Å². The first-order valence-electron chi connectivity index (χ1n) is 5.90. The number of para-hydroxylation sites is 1. The second-order valence-corrected chi connectivity index (χ2v) is 4.25. The van der Waals surface area contributed by atoms with E-state index in [2.05, 4.69) is 11.1 Å². The molecule has 0 aliphatic carbocycles. The third-order valence-corrected chi connectivity index (χ3v) is 3.07. The molecule has 0 radical (unpaired) electrons. The highest BCUT2D eigenvalue weighted by molar-refractivity contribution is 5.89. The minimum absolute atomic E-state index is 0.159. The second-order valence-electron chi connectivity index (χ2n) is 4.25. The van der Waals surface area contributed by atoms with Gasteiger partial charge in [0.1, 0.15) is 11.9 Å². The zero-order valence-corrected chi connectivity index (χ0v) is 10.3. The van der Waals surface area contributed by atoms with Gasteiger partial charge < -0.3 is 5.11 Å². The van der Waals surface area contributed by atoms with Crippen LogP contribution in [0.15, 0.2) is 48.8 Å². The van der Waals surface area contributed by atoms with Crippen LogP contribution in [0.5, 0.6) is 0 Å². The van der Waals surface area contributed by atoms with Gasteiger partial charge in [-0.3, -0.25) is 4.57 Å². The summed E-state index contributed by atoms with van der Waals surface area (Å²) in [6.45, 7) is 0. The summed E-state index contributed by atoms with van der Waals surface area (Å²) >= 11 is 0. The fourth-order valence-electron chi connectivity index (χ4n) is 2.14. The van der Waals surface area contributed by atoms with Crippen LogP contribution in [0.3, 0.4) is 0 Å². The summed E-state index contributed by atoms with van der Waals surface area (Å²) in [6, 6.07) is 12.5. The van der Waals surface area contributed by atoms with E-state index < -0.39 is 5.97 Å². The number of benzene rings is 1. The molecule has 20 heavy (non-hydrogen) atoms. The van der Waals surface area contributed by atoms with Crippen molar-refractivity contribution in [2.45, 2.75) is 0 Å². The molecule has 0 fully saturated rings. The van der Waals surface area contributed by atoms with Crippen molar-refractivity contribution in [3.8, 4) is 11.9 Å². The summed E-state index contributed by atoms with van der Waals surface area (Å²) in [5.41, 5.74) is 1.51. The average Bonchev–Trinajstić information content (AvgIpc) is 2.86. The van der Waals surface area contributed by atoms with E-state index in [0.29, 0.717) is 11.4 Å². The lowest BCUT2D eigenvalue weighted by Crippen LogP contribution is -2.01.